The van der Waals surface area contributed by atoms with Crippen molar-refractivity contribution in [2.24, 2.45) is 0 Å². The molecule has 0 aliphatic carbocycles. The summed E-state index contributed by atoms with van der Waals surface area (Å²) in [5.74, 6) is 0.129. The molecule has 9 heteroatoms. The van der Waals surface area contributed by atoms with Gasteiger partial charge >= 0.3 is 0 Å². The molecule has 7 nitrogen and oxygen atoms in total. The summed E-state index contributed by atoms with van der Waals surface area (Å²) in [5.41, 5.74) is 3.49. The van der Waals surface area contributed by atoms with Crippen LogP contribution in [0.1, 0.15) is 16.1 Å². The Morgan fingerprint density at radius 1 is 1.28 bits per heavy atom. The van der Waals surface area contributed by atoms with E-state index in [1.54, 1.807) is 40.1 Å². The van der Waals surface area contributed by atoms with E-state index in [1.165, 1.54) is 0 Å². The van der Waals surface area contributed by atoms with Crippen LogP contribution in [0.5, 0.6) is 0 Å². The monoisotopic (exact) mass is 430 g/mol. The van der Waals surface area contributed by atoms with Gasteiger partial charge in [0.25, 0.3) is 5.91 Å². The molecule has 0 unspecified atom stereocenters. The summed E-state index contributed by atoms with van der Waals surface area (Å²) >= 11 is 1.66. The van der Waals surface area contributed by atoms with E-state index in [0.717, 1.165) is 10.6 Å². The fourth-order valence-electron chi connectivity index (χ4n) is 1.97. The van der Waals surface area contributed by atoms with Crippen LogP contribution < -0.4 is 5.48 Å². The van der Waals surface area contributed by atoms with Gasteiger partial charge in [-0.15, -0.1) is 21.8 Å². The normalized spacial score (nSPS) is 9.64. The molecule has 3 aromatic rings. The minimum atomic E-state index is -0.566. The van der Waals surface area contributed by atoms with E-state index in [9.17, 15) is 4.79 Å². The zero-order valence-corrected chi connectivity index (χ0v) is 16.8. The molecule has 127 valence electrons. The van der Waals surface area contributed by atoms with E-state index < -0.39 is 5.91 Å². The summed E-state index contributed by atoms with van der Waals surface area (Å²) in [6.45, 7) is 0. The molecular weight excluding hydrogens is 415 g/mol. The van der Waals surface area contributed by atoms with Crippen LogP contribution in [0, 0.1) is 6.07 Å². The van der Waals surface area contributed by atoms with Crippen LogP contribution in [-0.2, 0) is 38.5 Å². The van der Waals surface area contributed by atoms with Crippen molar-refractivity contribution >= 4 is 17.7 Å². The number of rotatable bonds is 5. The Hall–Kier alpha value is -1.58. The first-order valence-corrected chi connectivity index (χ1v) is 7.80. The molecule has 1 heterocycles. The number of carbonyl (C=O) groups is 1. The fraction of sp³-hybridized carbons (Fsp3) is 0.0625. The number of hydrogen-bond acceptors (Lipinski definition) is 5. The SMILES string of the molecule is O=C(NO)c1cccc(-n2cc(CSc3cc[c-]cc3)nn2)c1.[NH2-].[Y]. The smallest absolute Gasteiger partial charge is 0.274 e. The van der Waals surface area contributed by atoms with Gasteiger partial charge in [0.15, 0.2) is 0 Å². The second-order valence-corrected chi connectivity index (χ2v) is 5.72. The van der Waals surface area contributed by atoms with Gasteiger partial charge in [0.05, 0.1) is 17.6 Å². The average Bonchev–Trinajstić information content (AvgIpc) is 3.09. The maximum absolute atomic E-state index is 11.4. The van der Waals surface area contributed by atoms with Gasteiger partial charge in [-0.05, 0) is 18.2 Å². The van der Waals surface area contributed by atoms with Crippen molar-refractivity contribution in [3.05, 3.63) is 78.2 Å². The second-order valence-electron chi connectivity index (χ2n) is 4.67. The average molecular weight is 430 g/mol. The number of hydrogen-bond donors (Lipinski definition) is 2. The Morgan fingerprint density at radius 2 is 2.04 bits per heavy atom. The van der Waals surface area contributed by atoms with Gasteiger partial charge in [-0.2, -0.15) is 30.3 Å². The third-order valence-corrected chi connectivity index (χ3v) is 4.14. The van der Waals surface area contributed by atoms with E-state index in [1.807, 2.05) is 36.5 Å². The standard InChI is InChI=1S/C16H13N4O2S.H2N.Y/c21-16(18-22)12-5-4-6-14(9-12)20-10-13(17-19-20)11-23-15-7-2-1-3-8-15;;/h2-10,22H,11H2,(H,18,21);1H2;/q2*-1;. The van der Waals surface area contributed by atoms with Crippen LogP contribution in [0.3, 0.4) is 0 Å². The van der Waals surface area contributed by atoms with Gasteiger partial charge in [-0.3, -0.25) is 10.0 Å². The Balaban J connectivity index is 0.00000156. The van der Waals surface area contributed by atoms with E-state index in [4.69, 9.17) is 5.21 Å². The molecule has 0 aliphatic rings. The number of thioether (sulfide) groups is 1. The summed E-state index contributed by atoms with van der Waals surface area (Å²) in [6, 6.07) is 17.5. The molecule has 1 amide bonds. The van der Waals surface area contributed by atoms with Gasteiger partial charge in [0, 0.05) is 44.0 Å². The largest absolute Gasteiger partial charge is 0.693 e. The summed E-state index contributed by atoms with van der Waals surface area (Å²) in [5, 5.41) is 16.9. The number of nitrogens with zero attached hydrogens (tertiary/aromatic N) is 3. The zero-order valence-electron chi connectivity index (χ0n) is 13.2. The number of nitrogens with one attached hydrogen (secondary N) is 1. The number of aromatic nitrogens is 3. The predicted octanol–water partition coefficient (Wildman–Crippen LogP) is 3.19. The molecule has 3 rings (SSSR count). The first kappa shape index (κ1) is 21.5. The number of benzene rings is 2. The molecular formula is C16H15N5O2SY-2. The summed E-state index contributed by atoms with van der Waals surface area (Å²) in [7, 11) is 0. The predicted molar refractivity (Wildman–Crippen MR) is 90.7 cm³/mol. The van der Waals surface area contributed by atoms with E-state index in [0.29, 0.717) is 17.0 Å². The molecule has 0 spiro atoms. The third kappa shape index (κ3) is 5.72. The number of hydroxylamine groups is 1. The zero-order chi connectivity index (χ0) is 16.1. The quantitative estimate of drug-likeness (QED) is 0.279. The Kier molecular flexibility index (Phi) is 8.95. The minimum absolute atomic E-state index is 0. The van der Waals surface area contributed by atoms with Gasteiger partial charge in [0.2, 0.25) is 0 Å². The van der Waals surface area contributed by atoms with Crippen molar-refractivity contribution in [1.82, 2.24) is 20.5 Å². The number of amides is 1. The van der Waals surface area contributed by atoms with Crippen molar-refractivity contribution in [2.45, 2.75) is 10.6 Å². The first-order valence-electron chi connectivity index (χ1n) is 6.81. The van der Waals surface area contributed by atoms with Gasteiger partial charge in [-0.1, -0.05) is 11.3 Å². The molecule has 2 aromatic carbocycles. The molecule has 0 saturated heterocycles. The van der Waals surface area contributed by atoms with Crippen LogP contribution in [0.4, 0.5) is 0 Å². The van der Waals surface area contributed by atoms with Crippen LogP contribution >= 0.6 is 11.8 Å². The van der Waals surface area contributed by atoms with Crippen LogP contribution in [0.25, 0.3) is 11.8 Å². The van der Waals surface area contributed by atoms with Crippen molar-refractivity contribution in [2.75, 3.05) is 0 Å². The van der Waals surface area contributed by atoms with Crippen LogP contribution in [-0.4, -0.2) is 26.1 Å². The summed E-state index contributed by atoms with van der Waals surface area (Å²) in [4.78, 5) is 12.6. The first-order chi connectivity index (χ1) is 11.3. The van der Waals surface area contributed by atoms with E-state index in [2.05, 4.69) is 16.4 Å². The van der Waals surface area contributed by atoms with Crippen molar-refractivity contribution < 1.29 is 42.7 Å². The van der Waals surface area contributed by atoms with Crippen molar-refractivity contribution in [1.29, 1.82) is 0 Å². The summed E-state index contributed by atoms with van der Waals surface area (Å²) < 4.78 is 1.60. The molecule has 1 radical (unpaired) electrons. The molecule has 0 saturated carbocycles. The van der Waals surface area contributed by atoms with Gasteiger partial charge in [-0.25, -0.2) is 10.2 Å². The molecule has 1 aromatic heterocycles. The molecule has 25 heavy (non-hydrogen) atoms. The third-order valence-electron chi connectivity index (χ3n) is 3.09. The molecule has 0 bridgehead atoms. The topological polar surface area (TPSA) is 114 Å². The van der Waals surface area contributed by atoms with Crippen molar-refractivity contribution in [3.8, 4) is 5.69 Å². The van der Waals surface area contributed by atoms with Gasteiger partial charge in [0.1, 0.15) is 0 Å². The van der Waals surface area contributed by atoms with Crippen LogP contribution in [0.2, 0.25) is 0 Å². The molecule has 0 atom stereocenters. The number of carbonyl (C=O) groups excluding carboxylic acids is 1. The minimum Gasteiger partial charge on any atom is -0.693 e. The molecule has 0 aliphatic heterocycles. The summed E-state index contributed by atoms with van der Waals surface area (Å²) in [6.07, 6.45) is 1.82. The number of nitrogens with two attached hydrogens (primary N) is 1. The van der Waals surface area contributed by atoms with Crippen LogP contribution in [0.15, 0.2) is 59.6 Å². The second kappa shape index (κ2) is 10.4. The molecule has 4 N–H and O–H groups in total. The Labute approximate surface area is 174 Å². The Bertz CT molecular complexity index is 813. The van der Waals surface area contributed by atoms with E-state index >= 15 is 0 Å². The van der Waals surface area contributed by atoms with Crippen molar-refractivity contribution in [3.63, 3.8) is 0 Å². The Morgan fingerprint density at radius 3 is 2.76 bits per heavy atom. The van der Waals surface area contributed by atoms with E-state index in [-0.39, 0.29) is 38.9 Å². The maximum atomic E-state index is 11.4. The fourth-order valence-corrected chi connectivity index (χ4v) is 2.75. The maximum Gasteiger partial charge on any atom is 0.274 e. The van der Waals surface area contributed by atoms with Gasteiger partial charge < -0.3 is 6.15 Å². The molecule has 0 fully saturated rings.